The van der Waals surface area contributed by atoms with Crippen molar-refractivity contribution in [1.82, 2.24) is 0 Å². The van der Waals surface area contributed by atoms with E-state index in [4.69, 9.17) is 0 Å². The van der Waals surface area contributed by atoms with Gasteiger partial charge in [-0.15, -0.1) is 0 Å². The third-order valence-corrected chi connectivity index (χ3v) is 12.1. The molecule has 23 heteroatoms. The summed E-state index contributed by atoms with van der Waals surface area (Å²) < 4.78 is 136. The van der Waals surface area contributed by atoms with Gasteiger partial charge in [0.15, 0.2) is 0 Å². The van der Waals surface area contributed by atoms with Crippen LogP contribution in [0.15, 0.2) is 123 Å². The van der Waals surface area contributed by atoms with Gasteiger partial charge in [0.25, 0.3) is 52.3 Å². The molecule has 0 fully saturated rings. The molecule has 6 aromatic carbocycles. The number of benzene rings is 6. The molecule has 4 amide bonds. The summed E-state index contributed by atoms with van der Waals surface area (Å²) in [5, 5.41) is 8.45. The summed E-state index contributed by atoms with van der Waals surface area (Å²) in [7, 11) is -19.7. The Kier molecular flexibility index (Phi) is 11.1. The monoisotopic (exact) mass is 884 g/mol. The number of anilines is 4. The zero-order chi connectivity index (χ0) is 43.2. The van der Waals surface area contributed by atoms with Gasteiger partial charge in [0.2, 0.25) is 0 Å². The van der Waals surface area contributed by atoms with Crippen LogP contribution in [0.25, 0.3) is 21.5 Å². The van der Waals surface area contributed by atoms with E-state index in [0.717, 1.165) is 48.5 Å². The minimum absolute atomic E-state index is 0.0688. The van der Waals surface area contributed by atoms with Crippen molar-refractivity contribution in [3.8, 4) is 0 Å². The summed E-state index contributed by atoms with van der Waals surface area (Å²) >= 11 is 0. The van der Waals surface area contributed by atoms with Gasteiger partial charge >= 0.3 is 6.03 Å². The topological polar surface area (TPSA) is 317 Å². The molecule has 0 aliphatic rings. The van der Waals surface area contributed by atoms with Gasteiger partial charge in [-0.05, 0) is 91.3 Å². The van der Waals surface area contributed by atoms with E-state index in [1.807, 2.05) is 0 Å². The van der Waals surface area contributed by atoms with Crippen LogP contribution in [0.2, 0.25) is 0 Å². The lowest BCUT2D eigenvalue weighted by Gasteiger charge is -2.15. The quantitative estimate of drug-likeness (QED) is 0.0795. The molecule has 0 saturated heterocycles. The van der Waals surface area contributed by atoms with E-state index in [0.29, 0.717) is 0 Å². The second kappa shape index (κ2) is 15.5. The summed E-state index contributed by atoms with van der Waals surface area (Å²) in [6, 6.07) is 19.3. The van der Waals surface area contributed by atoms with E-state index in [2.05, 4.69) is 21.3 Å². The molecule has 0 aromatic heterocycles. The number of aryl methyl sites for hydroxylation is 1. The number of hydrogen-bond acceptors (Lipinski definition) is 11. The molecule has 6 rings (SSSR count). The third kappa shape index (κ3) is 9.21. The molecule has 0 atom stereocenters. The molecule has 0 aliphatic carbocycles. The number of fused-ring (bicyclic) bond motifs is 2. The molecule has 59 heavy (non-hydrogen) atoms. The minimum Gasteiger partial charge on any atom is -0.321 e. The summed E-state index contributed by atoms with van der Waals surface area (Å²) in [4.78, 5) is 36.9. The summed E-state index contributed by atoms with van der Waals surface area (Å²) in [5.74, 6) is -1.72. The highest BCUT2D eigenvalue weighted by molar-refractivity contribution is 7.87. The van der Waals surface area contributed by atoms with Crippen molar-refractivity contribution in [2.45, 2.75) is 26.5 Å². The standard InChI is InChI=1S/C36H28N4O15S4/c1-19-15-25-29(57(47,48)49)14-12-27(33(25)31(16-19)59(53,54)55)40-35(42)21-6-3-8-23(18-21)38-36(43)37-22-7-2-5-20(17-22)34(41)39-26-11-13-28(56(44,45)46)24-9-4-10-30(32(24)26)58(50,51)52/h2-18H,1H3,(H,39,41)(H,40,42)(H2,37,38,43)(H,44,45,46)(H,47,48,49)(H,50,51,52)(H,53,54,55). The van der Waals surface area contributed by atoms with E-state index in [-0.39, 0.29) is 50.2 Å². The lowest BCUT2D eigenvalue weighted by molar-refractivity contribution is 0.101. The van der Waals surface area contributed by atoms with E-state index < -0.39 is 88.7 Å². The molecule has 8 N–H and O–H groups in total. The second-order valence-corrected chi connectivity index (χ2v) is 18.2. The predicted octanol–water partition coefficient (Wildman–Crippen LogP) is 5.44. The number of amides is 4. The van der Waals surface area contributed by atoms with Crippen LogP contribution in [0.5, 0.6) is 0 Å². The van der Waals surface area contributed by atoms with Crippen LogP contribution in [0, 0.1) is 6.92 Å². The minimum atomic E-state index is -4.98. The number of carbonyl (C=O) groups is 3. The number of carbonyl (C=O) groups excluding carboxylic acids is 3. The Balaban J connectivity index is 1.21. The van der Waals surface area contributed by atoms with E-state index >= 15 is 0 Å². The summed E-state index contributed by atoms with van der Waals surface area (Å²) in [5.41, 5.74) is -0.303. The fourth-order valence-electron chi connectivity index (χ4n) is 6.14. The predicted molar refractivity (Wildman–Crippen MR) is 213 cm³/mol. The molecular weight excluding hydrogens is 857 g/mol. The smallest absolute Gasteiger partial charge is 0.321 e. The Labute approximate surface area is 335 Å². The lowest BCUT2D eigenvalue weighted by Crippen LogP contribution is -2.20. The van der Waals surface area contributed by atoms with Crippen molar-refractivity contribution in [3.05, 3.63) is 120 Å². The number of nitrogens with one attached hydrogen (secondary N) is 4. The highest BCUT2D eigenvalue weighted by Gasteiger charge is 2.26. The molecule has 0 radical (unpaired) electrons. The van der Waals surface area contributed by atoms with Crippen molar-refractivity contribution in [2.75, 3.05) is 21.3 Å². The van der Waals surface area contributed by atoms with Gasteiger partial charge in [0.05, 0.1) is 11.4 Å². The van der Waals surface area contributed by atoms with Crippen LogP contribution in [0.1, 0.15) is 26.3 Å². The molecule has 0 aliphatic heterocycles. The maximum Gasteiger partial charge on any atom is 0.323 e. The van der Waals surface area contributed by atoms with Crippen molar-refractivity contribution in [2.24, 2.45) is 0 Å². The zero-order valence-corrected chi connectivity index (χ0v) is 33.0. The van der Waals surface area contributed by atoms with Crippen molar-refractivity contribution < 1.29 is 66.3 Å². The average Bonchev–Trinajstić information content (AvgIpc) is 3.12. The van der Waals surface area contributed by atoms with Crippen molar-refractivity contribution in [1.29, 1.82) is 0 Å². The summed E-state index contributed by atoms with van der Waals surface area (Å²) in [6.45, 7) is 1.42. The first kappa shape index (κ1) is 42.3. The lowest BCUT2D eigenvalue weighted by atomic mass is 10.1. The van der Waals surface area contributed by atoms with E-state index in [1.54, 1.807) is 0 Å². The number of urea groups is 1. The van der Waals surface area contributed by atoms with Gasteiger partial charge in [-0.2, -0.15) is 33.7 Å². The first-order valence-corrected chi connectivity index (χ1v) is 22.1. The second-order valence-electron chi connectivity index (χ2n) is 12.6. The van der Waals surface area contributed by atoms with Crippen LogP contribution in [-0.2, 0) is 40.5 Å². The van der Waals surface area contributed by atoms with Crippen molar-refractivity contribution in [3.63, 3.8) is 0 Å². The molecule has 0 spiro atoms. The first-order chi connectivity index (χ1) is 27.4. The highest BCUT2D eigenvalue weighted by Crippen LogP contribution is 2.37. The van der Waals surface area contributed by atoms with Gasteiger partial charge < -0.3 is 21.3 Å². The molecule has 0 bridgehead atoms. The summed E-state index contributed by atoms with van der Waals surface area (Å²) in [6.07, 6.45) is 0. The van der Waals surface area contributed by atoms with Gasteiger partial charge in [0.1, 0.15) is 19.6 Å². The van der Waals surface area contributed by atoms with Crippen LogP contribution >= 0.6 is 0 Å². The third-order valence-electron chi connectivity index (χ3n) is 8.52. The van der Waals surface area contributed by atoms with Gasteiger partial charge in [0, 0.05) is 44.0 Å². The Morgan fingerprint density at radius 1 is 0.441 bits per heavy atom. The average molecular weight is 885 g/mol. The highest BCUT2D eigenvalue weighted by atomic mass is 32.2. The molecule has 0 saturated carbocycles. The Hall–Kier alpha value is -6.31. The SMILES string of the molecule is Cc1cc(S(=O)(=O)O)c2c(NC(=O)c3cccc(NC(=O)Nc4cccc(C(=O)Nc5ccc(S(=O)(=O)O)c6cccc(S(=O)(=O)O)c56)c4)c3)ccc(S(=O)(=O)O)c2c1. The van der Waals surface area contributed by atoms with Gasteiger partial charge in [-0.25, -0.2) is 4.79 Å². The van der Waals surface area contributed by atoms with Crippen LogP contribution in [0.3, 0.4) is 0 Å². The molecule has 0 heterocycles. The van der Waals surface area contributed by atoms with E-state index in [9.17, 15) is 66.3 Å². The molecular formula is C36H28N4O15S4. The molecule has 19 nitrogen and oxygen atoms in total. The molecule has 306 valence electrons. The van der Waals surface area contributed by atoms with Crippen LogP contribution < -0.4 is 21.3 Å². The maximum atomic E-state index is 13.4. The molecule has 6 aromatic rings. The normalized spacial score (nSPS) is 12.2. The zero-order valence-electron chi connectivity index (χ0n) is 29.7. The maximum absolute atomic E-state index is 13.4. The molecule has 0 unspecified atom stereocenters. The van der Waals surface area contributed by atoms with Gasteiger partial charge in [-0.1, -0.05) is 24.3 Å². The fourth-order valence-corrected chi connectivity index (χ4v) is 9.05. The number of rotatable bonds is 10. The first-order valence-electron chi connectivity index (χ1n) is 16.4. The largest absolute Gasteiger partial charge is 0.323 e. The van der Waals surface area contributed by atoms with Crippen molar-refractivity contribution >= 4 is 103 Å². The Morgan fingerprint density at radius 2 is 0.864 bits per heavy atom. The van der Waals surface area contributed by atoms with Crippen LogP contribution in [-0.4, -0.2) is 69.7 Å². The van der Waals surface area contributed by atoms with E-state index in [1.165, 1.54) is 61.5 Å². The number of hydrogen-bond donors (Lipinski definition) is 8. The Morgan fingerprint density at radius 3 is 1.32 bits per heavy atom. The van der Waals surface area contributed by atoms with Gasteiger partial charge in [-0.3, -0.25) is 27.8 Å². The van der Waals surface area contributed by atoms with Crippen LogP contribution in [0.4, 0.5) is 27.5 Å². The fraction of sp³-hybridized carbons (Fsp3) is 0.0278. The Bertz CT molecular complexity index is 3250.